The smallest absolute Gasteiger partial charge is 0.281 e. The van der Waals surface area contributed by atoms with Crippen LogP contribution in [0, 0.1) is 5.82 Å². The lowest BCUT2D eigenvalue weighted by Crippen LogP contribution is -2.26. The highest BCUT2D eigenvalue weighted by molar-refractivity contribution is 7.14. The predicted molar refractivity (Wildman–Crippen MR) is 109 cm³/mol. The summed E-state index contributed by atoms with van der Waals surface area (Å²) in [5.41, 5.74) is 0.847. The van der Waals surface area contributed by atoms with E-state index in [0.717, 1.165) is 11.3 Å². The normalized spacial score (nSPS) is 10.9. The minimum absolute atomic E-state index is 0.230. The van der Waals surface area contributed by atoms with Crippen molar-refractivity contribution in [3.8, 4) is 17.0 Å². The van der Waals surface area contributed by atoms with Crippen molar-refractivity contribution in [1.29, 1.82) is 0 Å². The van der Waals surface area contributed by atoms with E-state index >= 15 is 0 Å². The SMILES string of the molecule is COc1ccc(F)cc1-c1csc(NC(=O)c2nn(C)c3ccccc3c2=O)n1. The standard InChI is InChI=1S/C20H15FN4O3S/c1-25-15-6-4-3-5-12(15)18(26)17(24-25)19(27)23-20-22-14(10-29-20)13-9-11(21)7-8-16(13)28-2/h3-10H,1-2H3,(H,22,23,27). The molecule has 2 heterocycles. The van der Waals surface area contributed by atoms with Gasteiger partial charge in [-0.05, 0) is 30.3 Å². The van der Waals surface area contributed by atoms with Crippen molar-refractivity contribution < 1.29 is 13.9 Å². The molecule has 1 N–H and O–H groups in total. The zero-order valence-corrected chi connectivity index (χ0v) is 16.3. The fourth-order valence-electron chi connectivity index (χ4n) is 2.96. The van der Waals surface area contributed by atoms with Crippen LogP contribution in [0.4, 0.5) is 9.52 Å². The first-order valence-electron chi connectivity index (χ1n) is 8.55. The van der Waals surface area contributed by atoms with Gasteiger partial charge in [-0.15, -0.1) is 11.3 Å². The number of methoxy groups -OCH3 is 1. The monoisotopic (exact) mass is 410 g/mol. The van der Waals surface area contributed by atoms with Crippen LogP contribution in [-0.4, -0.2) is 27.8 Å². The van der Waals surface area contributed by atoms with Gasteiger partial charge in [0.25, 0.3) is 5.91 Å². The van der Waals surface area contributed by atoms with Gasteiger partial charge in [0, 0.05) is 23.4 Å². The lowest BCUT2D eigenvalue weighted by Gasteiger charge is -2.07. The highest BCUT2D eigenvalue weighted by Gasteiger charge is 2.18. The largest absolute Gasteiger partial charge is 0.496 e. The number of ether oxygens (including phenoxy) is 1. The van der Waals surface area contributed by atoms with E-state index in [1.807, 2.05) is 0 Å². The second-order valence-corrected chi connectivity index (χ2v) is 7.01. The Balaban J connectivity index is 1.66. The summed E-state index contributed by atoms with van der Waals surface area (Å²) in [4.78, 5) is 29.6. The maximum atomic E-state index is 13.6. The van der Waals surface area contributed by atoms with E-state index in [2.05, 4.69) is 15.4 Å². The van der Waals surface area contributed by atoms with E-state index in [0.29, 0.717) is 27.9 Å². The molecule has 1 amide bonds. The van der Waals surface area contributed by atoms with Crippen LogP contribution in [0.5, 0.6) is 5.75 Å². The average molecular weight is 410 g/mol. The maximum absolute atomic E-state index is 13.6. The zero-order chi connectivity index (χ0) is 20.5. The molecule has 4 rings (SSSR count). The van der Waals surface area contributed by atoms with Gasteiger partial charge in [0.15, 0.2) is 10.8 Å². The summed E-state index contributed by atoms with van der Waals surface area (Å²) in [6.45, 7) is 0. The molecule has 0 bridgehead atoms. The number of thiazole rings is 1. The van der Waals surface area contributed by atoms with Crippen molar-refractivity contribution in [1.82, 2.24) is 14.8 Å². The van der Waals surface area contributed by atoms with Crippen LogP contribution in [0.25, 0.3) is 22.2 Å². The van der Waals surface area contributed by atoms with Gasteiger partial charge < -0.3 is 4.74 Å². The molecule has 0 unspecified atom stereocenters. The number of hydrogen-bond acceptors (Lipinski definition) is 6. The van der Waals surface area contributed by atoms with Crippen LogP contribution < -0.4 is 15.5 Å². The lowest BCUT2D eigenvalue weighted by atomic mass is 10.1. The van der Waals surface area contributed by atoms with Crippen LogP contribution in [0.2, 0.25) is 0 Å². The predicted octanol–water partition coefficient (Wildman–Crippen LogP) is 3.46. The molecule has 0 atom stereocenters. The van der Waals surface area contributed by atoms with Crippen LogP contribution in [0.1, 0.15) is 10.5 Å². The molecule has 0 aliphatic rings. The number of rotatable bonds is 4. The number of amides is 1. The van der Waals surface area contributed by atoms with Crippen molar-refractivity contribution in [2.75, 3.05) is 12.4 Å². The second kappa shape index (κ2) is 7.44. The maximum Gasteiger partial charge on any atom is 0.281 e. The van der Waals surface area contributed by atoms with Crippen molar-refractivity contribution in [3.05, 3.63) is 69.6 Å². The summed E-state index contributed by atoms with van der Waals surface area (Å²) >= 11 is 1.15. The van der Waals surface area contributed by atoms with E-state index in [1.54, 1.807) is 36.7 Å². The molecule has 0 fully saturated rings. The molecular formula is C20H15FN4O3S. The third kappa shape index (κ3) is 3.47. The first kappa shape index (κ1) is 18.8. The number of halogens is 1. The van der Waals surface area contributed by atoms with E-state index in [4.69, 9.17) is 4.74 Å². The van der Waals surface area contributed by atoms with Crippen LogP contribution in [0.15, 0.2) is 52.6 Å². The number of aryl methyl sites for hydroxylation is 1. The van der Waals surface area contributed by atoms with Gasteiger partial charge in [0.1, 0.15) is 11.6 Å². The van der Waals surface area contributed by atoms with E-state index in [1.165, 1.54) is 30.0 Å². The number of aromatic nitrogens is 3. The van der Waals surface area contributed by atoms with E-state index in [9.17, 15) is 14.0 Å². The molecule has 0 radical (unpaired) electrons. The Morgan fingerprint density at radius 2 is 2.03 bits per heavy atom. The highest BCUT2D eigenvalue weighted by Crippen LogP contribution is 2.32. The summed E-state index contributed by atoms with van der Waals surface area (Å²) in [6.07, 6.45) is 0. The quantitative estimate of drug-likeness (QED) is 0.557. The summed E-state index contributed by atoms with van der Waals surface area (Å²) in [5.74, 6) is -0.633. The number of carbonyl (C=O) groups is 1. The van der Waals surface area contributed by atoms with Gasteiger partial charge >= 0.3 is 0 Å². The molecule has 0 aliphatic heterocycles. The van der Waals surface area contributed by atoms with Gasteiger partial charge in [-0.1, -0.05) is 12.1 Å². The van der Waals surface area contributed by atoms with Gasteiger partial charge in [0.05, 0.1) is 18.3 Å². The third-order valence-electron chi connectivity index (χ3n) is 4.34. The van der Waals surface area contributed by atoms with Gasteiger partial charge in [-0.3, -0.25) is 19.6 Å². The minimum atomic E-state index is -0.663. The molecule has 9 heteroatoms. The van der Waals surface area contributed by atoms with E-state index in [-0.39, 0.29) is 10.8 Å². The summed E-state index contributed by atoms with van der Waals surface area (Å²) < 4.78 is 20.3. The van der Waals surface area contributed by atoms with Crippen LogP contribution in [0.3, 0.4) is 0 Å². The van der Waals surface area contributed by atoms with Gasteiger partial charge in [-0.25, -0.2) is 9.37 Å². The van der Waals surface area contributed by atoms with Crippen molar-refractivity contribution in [2.24, 2.45) is 7.05 Å². The molecule has 0 spiro atoms. The molecule has 0 aliphatic carbocycles. The van der Waals surface area contributed by atoms with E-state index < -0.39 is 17.2 Å². The Labute approximate surface area is 168 Å². The Morgan fingerprint density at radius 1 is 1.24 bits per heavy atom. The Kier molecular flexibility index (Phi) is 4.81. The second-order valence-electron chi connectivity index (χ2n) is 6.16. The van der Waals surface area contributed by atoms with Crippen molar-refractivity contribution in [3.63, 3.8) is 0 Å². The molecule has 2 aromatic carbocycles. The number of nitrogens with zero attached hydrogens (tertiary/aromatic N) is 3. The van der Waals surface area contributed by atoms with Gasteiger partial charge in [-0.2, -0.15) is 5.10 Å². The van der Waals surface area contributed by atoms with Crippen molar-refractivity contribution in [2.45, 2.75) is 0 Å². The number of benzene rings is 2. The minimum Gasteiger partial charge on any atom is -0.496 e. The summed E-state index contributed by atoms with van der Waals surface area (Å²) in [7, 11) is 3.14. The number of hydrogen-bond donors (Lipinski definition) is 1. The first-order valence-corrected chi connectivity index (χ1v) is 9.42. The number of anilines is 1. The van der Waals surface area contributed by atoms with Gasteiger partial charge in [0.2, 0.25) is 5.43 Å². The lowest BCUT2D eigenvalue weighted by molar-refractivity contribution is 0.101. The number of nitrogens with one attached hydrogen (secondary N) is 1. The van der Waals surface area contributed by atoms with Crippen LogP contribution in [-0.2, 0) is 7.05 Å². The Hall–Kier alpha value is -3.59. The zero-order valence-electron chi connectivity index (χ0n) is 15.5. The fraction of sp³-hybridized carbons (Fsp3) is 0.100. The molecule has 0 saturated heterocycles. The molecule has 2 aromatic heterocycles. The molecule has 4 aromatic rings. The molecular weight excluding hydrogens is 395 g/mol. The summed E-state index contributed by atoms with van der Waals surface area (Å²) in [6, 6.07) is 11.0. The number of carbonyl (C=O) groups excluding carboxylic acids is 1. The molecule has 0 saturated carbocycles. The van der Waals surface area contributed by atoms with Crippen molar-refractivity contribution >= 4 is 33.3 Å². The summed E-state index contributed by atoms with van der Waals surface area (Å²) in [5, 5.41) is 9.02. The van der Waals surface area contributed by atoms with Crippen LogP contribution >= 0.6 is 11.3 Å². The topological polar surface area (TPSA) is 86.1 Å². The number of para-hydroxylation sites is 1. The number of fused-ring (bicyclic) bond motifs is 1. The first-order chi connectivity index (χ1) is 14.0. The highest BCUT2D eigenvalue weighted by atomic mass is 32.1. The Morgan fingerprint density at radius 3 is 2.83 bits per heavy atom. The third-order valence-corrected chi connectivity index (χ3v) is 5.10. The molecule has 7 nitrogen and oxygen atoms in total. The Bertz CT molecular complexity index is 1300. The molecule has 29 heavy (non-hydrogen) atoms. The fourth-order valence-corrected chi connectivity index (χ4v) is 3.67. The average Bonchev–Trinajstić information content (AvgIpc) is 3.19. The molecule has 146 valence electrons.